The largest absolute Gasteiger partial charge is 0.390 e. The molecule has 0 aromatic rings. The number of halogens is 3. The number of hydrazine groups is 1. The number of hydrogen-bond donors (Lipinski definition) is 2. The van der Waals surface area contributed by atoms with E-state index in [4.69, 9.17) is 10.6 Å². The van der Waals surface area contributed by atoms with E-state index < -0.39 is 18.6 Å². The molecule has 0 radical (unpaired) electrons. The molecule has 1 saturated carbocycles. The molecule has 1 aliphatic heterocycles. The van der Waals surface area contributed by atoms with Gasteiger partial charge in [0.15, 0.2) is 0 Å². The smallest absolute Gasteiger partial charge is 0.375 e. The third kappa shape index (κ3) is 4.07. The molecule has 0 aromatic carbocycles. The van der Waals surface area contributed by atoms with Crippen LogP contribution in [0.5, 0.6) is 0 Å². The molecule has 19 heavy (non-hydrogen) atoms. The van der Waals surface area contributed by atoms with E-state index in [1.165, 1.54) is 6.42 Å². The number of ether oxygens (including phenoxy) is 1. The normalized spacial score (nSPS) is 29.4. The Balaban J connectivity index is 1.98. The first-order chi connectivity index (χ1) is 8.94. The fraction of sp³-hybridized carbons (Fsp3) is 1.00. The summed E-state index contributed by atoms with van der Waals surface area (Å²) in [6, 6.07) is -0.692. The first kappa shape index (κ1) is 15.1. The van der Waals surface area contributed by atoms with Crippen molar-refractivity contribution in [2.45, 2.75) is 69.2 Å². The Hall–Kier alpha value is -0.330. The Morgan fingerprint density at radius 1 is 1.26 bits per heavy atom. The predicted molar refractivity (Wildman–Crippen MR) is 66.3 cm³/mol. The summed E-state index contributed by atoms with van der Waals surface area (Å²) >= 11 is 0. The van der Waals surface area contributed by atoms with E-state index in [1.54, 1.807) is 0 Å². The minimum Gasteiger partial charge on any atom is -0.375 e. The van der Waals surface area contributed by atoms with E-state index in [0.29, 0.717) is 19.4 Å². The zero-order valence-corrected chi connectivity index (χ0v) is 11.1. The molecule has 2 fully saturated rings. The highest BCUT2D eigenvalue weighted by Crippen LogP contribution is 2.42. The highest BCUT2D eigenvalue weighted by atomic mass is 19.4. The van der Waals surface area contributed by atoms with Gasteiger partial charge in [-0.1, -0.05) is 19.3 Å². The van der Waals surface area contributed by atoms with Gasteiger partial charge in [-0.25, -0.2) is 0 Å². The first-order valence-electron chi connectivity index (χ1n) is 7.11. The molecule has 6 heteroatoms. The van der Waals surface area contributed by atoms with Gasteiger partial charge in [-0.3, -0.25) is 11.3 Å². The molecule has 2 aliphatic rings. The average molecular weight is 280 g/mol. The lowest BCUT2D eigenvalue weighted by Crippen LogP contribution is -2.50. The summed E-state index contributed by atoms with van der Waals surface area (Å²) in [7, 11) is 0. The standard InChI is InChI=1S/C13H23F3N2O/c14-13(15,16)9-11(18-17)10-4-7-19-12(8-10)5-2-1-3-6-12/h10-11,18H,1-9,17H2. The summed E-state index contributed by atoms with van der Waals surface area (Å²) in [5.41, 5.74) is 2.20. The molecule has 2 atom stereocenters. The van der Waals surface area contributed by atoms with Gasteiger partial charge in [0.1, 0.15) is 0 Å². The molecule has 1 spiro atoms. The lowest BCUT2D eigenvalue weighted by Gasteiger charge is -2.45. The molecule has 0 amide bonds. The van der Waals surface area contributed by atoms with Gasteiger partial charge >= 0.3 is 6.18 Å². The average Bonchev–Trinajstić information content (AvgIpc) is 2.36. The maximum Gasteiger partial charge on any atom is 0.390 e. The summed E-state index contributed by atoms with van der Waals surface area (Å²) in [4.78, 5) is 0. The number of alkyl halides is 3. The highest BCUT2D eigenvalue weighted by Gasteiger charge is 2.43. The molecule has 3 N–H and O–H groups in total. The van der Waals surface area contributed by atoms with Crippen molar-refractivity contribution in [3.63, 3.8) is 0 Å². The third-order valence-corrected chi connectivity index (χ3v) is 4.53. The van der Waals surface area contributed by atoms with Crippen LogP contribution in [-0.4, -0.2) is 24.4 Å². The second kappa shape index (κ2) is 5.97. The fourth-order valence-electron chi connectivity index (χ4n) is 3.56. The van der Waals surface area contributed by atoms with Crippen molar-refractivity contribution in [1.82, 2.24) is 5.43 Å². The van der Waals surface area contributed by atoms with E-state index in [2.05, 4.69) is 5.43 Å². The molecular weight excluding hydrogens is 257 g/mol. The maximum absolute atomic E-state index is 12.6. The molecule has 0 aromatic heterocycles. The Kier molecular flexibility index (Phi) is 4.74. The van der Waals surface area contributed by atoms with Crippen LogP contribution in [0.15, 0.2) is 0 Å². The second-order valence-corrected chi connectivity index (χ2v) is 5.94. The topological polar surface area (TPSA) is 47.3 Å². The van der Waals surface area contributed by atoms with Crippen molar-refractivity contribution in [1.29, 1.82) is 0 Å². The zero-order chi connectivity index (χ0) is 13.9. The zero-order valence-electron chi connectivity index (χ0n) is 11.1. The van der Waals surface area contributed by atoms with Crippen LogP contribution in [0.2, 0.25) is 0 Å². The molecule has 1 saturated heterocycles. The van der Waals surface area contributed by atoms with Crippen molar-refractivity contribution >= 4 is 0 Å². The molecule has 1 heterocycles. The summed E-state index contributed by atoms with van der Waals surface area (Å²) in [5.74, 6) is 5.29. The van der Waals surface area contributed by atoms with Gasteiger partial charge in [-0.05, 0) is 31.6 Å². The molecule has 0 bridgehead atoms. The maximum atomic E-state index is 12.6. The summed E-state index contributed by atoms with van der Waals surface area (Å²) in [6.45, 7) is 0.556. The molecular formula is C13H23F3N2O. The van der Waals surface area contributed by atoms with E-state index >= 15 is 0 Å². The minimum absolute atomic E-state index is 0.0431. The highest BCUT2D eigenvalue weighted by molar-refractivity contribution is 4.93. The Morgan fingerprint density at radius 2 is 1.95 bits per heavy atom. The van der Waals surface area contributed by atoms with Gasteiger partial charge in [0, 0.05) is 12.6 Å². The lowest BCUT2D eigenvalue weighted by molar-refractivity contribution is -0.156. The quantitative estimate of drug-likeness (QED) is 0.617. The third-order valence-electron chi connectivity index (χ3n) is 4.53. The van der Waals surface area contributed by atoms with Crippen LogP contribution >= 0.6 is 0 Å². The van der Waals surface area contributed by atoms with E-state index in [-0.39, 0.29) is 11.5 Å². The fourth-order valence-corrected chi connectivity index (χ4v) is 3.56. The van der Waals surface area contributed by atoms with E-state index in [1.807, 2.05) is 0 Å². The van der Waals surface area contributed by atoms with Gasteiger partial charge in [0.2, 0.25) is 0 Å². The van der Waals surface area contributed by atoms with E-state index in [9.17, 15) is 13.2 Å². The lowest BCUT2D eigenvalue weighted by atomic mass is 9.73. The predicted octanol–water partition coefficient (Wildman–Crippen LogP) is 2.90. The van der Waals surface area contributed by atoms with Gasteiger partial charge in [0.25, 0.3) is 0 Å². The molecule has 2 rings (SSSR count). The monoisotopic (exact) mass is 280 g/mol. The second-order valence-electron chi connectivity index (χ2n) is 5.94. The summed E-state index contributed by atoms with van der Waals surface area (Å²) < 4.78 is 43.6. The van der Waals surface area contributed by atoms with Crippen LogP contribution in [0.3, 0.4) is 0 Å². The molecule has 1 aliphatic carbocycles. The van der Waals surface area contributed by atoms with Crippen LogP contribution in [0.4, 0.5) is 13.2 Å². The van der Waals surface area contributed by atoms with Crippen LogP contribution in [0.25, 0.3) is 0 Å². The van der Waals surface area contributed by atoms with Gasteiger partial charge in [-0.2, -0.15) is 13.2 Å². The van der Waals surface area contributed by atoms with Gasteiger partial charge in [-0.15, -0.1) is 0 Å². The SMILES string of the molecule is NNC(CC(F)(F)F)C1CCOC2(CCCCC2)C1. The van der Waals surface area contributed by atoms with Gasteiger partial charge < -0.3 is 4.74 Å². The first-order valence-corrected chi connectivity index (χ1v) is 7.11. The summed E-state index contributed by atoms with van der Waals surface area (Å²) in [6.07, 6.45) is 1.74. The number of rotatable bonds is 3. The molecule has 112 valence electrons. The van der Waals surface area contributed by atoms with Crippen LogP contribution < -0.4 is 11.3 Å². The van der Waals surface area contributed by atoms with Crippen molar-refractivity contribution in [2.75, 3.05) is 6.61 Å². The Bertz CT molecular complexity index is 285. The van der Waals surface area contributed by atoms with E-state index in [0.717, 1.165) is 25.7 Å². The number of nitrogens with two attached hydrogens (primary N) is 1. The minimum atomic E-state index is -4.17. The summed E-state index contributed by atoms with van der Waals surface area (Å²) in [5, 5.41) is 0. The molecule has 3 nitrogen and oxygen atoms in total. The Morgan fingerprint density at radius 3 is 2.53 bits per heavy atom. The van der Waals surface area contributed by atoms with Crippen LogP contribution in [-0.2, 0) is 4.74 Å². The molecule has 2 unspecified atom stereocenters. The van der Waals surface area contributed by atoms with Crippen molar-refractivity contribution in [3.8, 4) is 0 Å². The Labute approximate surface area is 112 Å². The van der Waals surface area contributed by atoms with Gasteiger partial charge in [0.05, 0.1) is 12.0 Å². The van der Waals surface area contributed by atoms with Crippen molar-refractivity contribution < 1.29 is 17.9 Å². The van der Waals surface area contributed by atoms with Crippen LogP contribution in [0.1, 0.15) is 51.4 Å². The van der Waals surface area contributed by atoms with Crippen LogP contribution in [0, 0.1) is 5.92 Å². The van der Waals surface area contributed by atoms with Crippen molar-refractivity contribution in [2.24, 2.45) is 11.8 Å². The number of nitrogens with one attached hydrogen (secondary N) is 1. The van der Waals surface area contributed by atoms with Crippen molar-refractivity contribution in [3.05, 3.63) is 0 Å². The number of hydrogen-bond acceptors (Lipinski definition) is 3.